The number of likely N-dealkylation sites (tertiary alicyclic amines) is 2. The van der Waals surface area contributed by atoms with E-state index in [4.69, 9.17) is 14.2 Å². The number of benzene rings is 1. The van der Waals surface area contributed by atoms with E-state index in [0.717, 1.165) is 26.1 Å². The van der Waals surface area contributed by atoms with Gasteiger partial charge < -0.3 is 24.0 Å². The van der Waals surface area contributed by atoms with Crippen molar-refractivity contribution in [1.29, 1.82) is 0 Å². The van der Waals surface area contributed by atoms with Crippen molar-refractivity contribution in [2.45, 2.75) is 19.1 Å². The Kier molecular flexibility index (Phi) is 5.92. The molecule has 1 aromatic heterocycles. The number of amides is 1. The van der Waals surface area contributed by atoms with Crippen molar-refractivity contribution >= 4 is 5.91 Å². The van der Waals surface area contributed by atoms with Crippen LogP contribution in [0, 0.1) is 5.41 Å². The molecule has 7 nitrogen and oxygen atoms in total. The van der Waals surface area contributed by atoms with Crippen LogP contribution in [0.2, 0.25) is 0 Å². The molecule has 2 fully saturated rings. The molecule has 4 rings (SSSR count). The number of likely N-dealkylation sites (N-methyl/N-ethyl adjacent to an activating group) is 1. The third-order valence-corrected chi connectivity index (χ3v) is 6.11. The van der Waals surface area contributed by atoms with Crippen LogP contribution in [0.4, 0.5) is 0 Å². The molecule has 160 valence electrons. The fourth-order valence-corrected chi connectivity index (χ4v) is 4.61. The van der Waals surface area contributed by atoms with E-state index in [1.54, 1.807) is 19.2 Å². The zero-order chi connectivity index (χ0) is 21.1. The molecule has 0 bridgehead atoms. The van der Waals surface area contributed by atoms with Crippen LogP contribution in [-0.2, 0) is 11.3 Å². The molecule has 30 heavy (non-hydrogen) atoms. The summed E-state index contributed by atoms with van der Waals surface area (Å²) in [5.74, 6) is 0.689. The molecule has 2 saturated heterocycles. The molecule has 0 aliphatic carbocycles. The van der Waals surface area contributed by atoms with Crippen LogP contribution < -0.4 is 9.47 Å². The topological polar surface area (TPSA) is 64.1 Å². The Hall–Kier alpha value is -2.64. The fraction of sp³-hybridized carbons (Fsp3) is 0.478. The zero-order valence-electron chi connectivity index (χ0n) is 17.8. The Morgan fingerprint density at radius 2 is 1.87 bits per heavy atom. The van der Waals surface area contributed by atoms with Gasteiger partial charge in [0, 0.05) is 37.2 Å². The average molecular weight is 412 g/mol. The van der Waals surface area contributed by atoms with Crippen molar-refractivity contribution in [1.82, 2.24) is 14.8 Å². The number of aromatic nitrogens is 1. The minimum absolute atomic E-state index is 0.0425. The molecule has 3 heterocycles. The molecule has 7 heteroatoms. The predicted octanol–water partition coefficient (Wildman–Crippen LogP) is 2.46. The van der Waals surface area contributed by atoms with E-state index in [9.17, 15) is 4.79 Å². The Balaban J connectivity index is 1.31. The first-order chi connectivity index (χ1) is 14.5. The molecule has 0 radical (unpaired) electrons. The number of carbonyl (C=O) groups is 1. The highest BCUT2D eigenvalue weighted by Crippen LogP contribution is 2.43. The van der Waals surface area contributed by atoms with Gasteiger partial charge in [-0.15, -0.1) is 0 Å². The second-order valence-corrected chi connectivity index (χ2v) is 8.35. The molecule has 1 amide bonds. The maximum atomic E-state index is 13.0. The lowest BCUT2D eigenvalue weighted by Crippen LogP contribution is -2.59. The van der Waals surface area contributed by atoms with Gasteiger partial charge in [0.1, 0.15) is 5.56 Å². The number of carbonyl (C=O) groups excluding carboxylic acids is 1. The third kappa shape index (κ3) is 4.13. The van der Waals surface area contributed by atoms with E-state index in [-0.39, 0.29) is 11.3 Å². The van der Waals surface area contributed by atoms with Gasteiger partial charge in [0.25, 0.3) is 5.91 Å². The van der Waals surface area contributed by atoms with Crippen molar-refractivity contribution in [3.8, 4) is 11.8 Å². The maximum Gasteiger partial charge on any atom is 0.259 e. The Labute approximate surface area is 177 Å². The number of hydrogen-bond donors (Lipinski definition) is 0. The lowest BCUT2D eigenvalue weighted by molar-refractivity contribution is 0.0106. The molecule has 2 aliphatic rings. The smallest absolute Gasteiger partial charge is 0.259 e. The maximum absolute atomic E-state index is 13.0. The summed E-state index contributed by atoms with van der Waals surface area (Å²) in [5.41, 5.74) is 1.82. The Morgan fingerprint density at radius 3 is 2.57 bits per heavy atom. The summed E-state index contributed by atoms with van der Waals surface area (Å²) < 4.78 is 16.4. The van der Waals surface area contributed by atoms with Gasteiger partial charge in [-0.25, -0.2) is 0 Å². The van der Waals surface area contributed by atoms with Crippen molar-refractivity contribution in [3.63, 3.8) is 0 Å². The van der Waals surface area contributed by atoms with Crippen molar-refractivity contribution in [3.05, 3.63) is 53.6 Å². The fourth-order valence-electron chi connectivity index (χ4n) is 4.61. The second-order valence-electron chi connectivity index (χ2n) is 8.35. The molecule has 2 aromatic rings. The summed E-state index contributed by atoms with van der Waals surface area (Å²) >= 11 is 0. The van der Waals surface area contributed by atoms with Gasteiger partial charge in [0.15, 0.2) is 0 Å². The van der Waals surface area contributed by atoms with Gasteiger partial charge in [0.2, 0.25) is 11.8 Å². The van der Waals surface area contributed by atoms with Crippen LogP contribution in [0.1, 0.15) is 22.3 Å². The van der Waals surface area contributed by atoms with Gasteiger partial charge in [0.05, 0.1) is 27.4 Å². The van der Waals surface area contributed by atoms with E-state index in [1.807, 2.05) is 23.1 Å². The average Bonchev–Trinajstić information content (AvgIpc) is 3.09. The van der Waals surface area contributed by atoms with E-state index < -0.39 is 0 Å². The van der Waals surface area contributed by atoms with Gasteiger partial charge >= 0.3 is 0 Å². The number of ether oxygens (including phenoxy) is 3. The summed E-state index contributed by atoms with van der Waals surface area (Å²) in [5, 5.41) is 0. The van der Waals surface area contributed by atoms with Crippen molar-refractivity contribution < 1.29 is 19.0 Å². The molecule has 1 atom stereocenters. The predicted molar refractivity (Wildman–Crippen MR) is 113 cm³/mol. The lowest BCUT2D eigenvalue weighted by Gasteiger charge is -2.48. The van der Waals surface area contributed by atoms with Crippen molar-refractivity contribution in [2.24, 2.45) is 5.41 Å². The summed E-state index contributed by atoms with van der Waals surface area (Å²) in [4.78, 5) is 21.4. The molecule has 2 aliphatic heterocycles. The van der Waals surface area contributed by atoms with Crippen LogP contribution in [-0.4, -0.2) is 74.2 Å². The summed E-state index contributed by atoms with van der Waals surface area (Å²) in [7, 11) is 5.20. The molecule has 1 unspecified atom stereocenters. The number of hydrogen-bond acceptors (Lipinski definition) is 6. The first-order valence-corrected chi connectivity index (χ1v) is 10.2. The SMILES string of the molecule is COc1ccc(C(=O)N2CC3(CC(COCc4ccccc4)N(C)C3)C2)c(OC)n1. The molecule has 1 spiro atoms. The van der Waals surface area contributed by atoms with Gasteiger partial charge in [-0.1, -0.05) is 30.3 Å². The van der Waals surface area contributed by atoms with Crippen LogP contribution >= 0.6 is 0 Å². The van der Waals surface area contributed by atoms with Crippen LogP contribution in [0.15, 0.2) is 42.5 Å². The summed E-state index contributed by atoms with van der Waals surface area (Å²) in [6.45, 7) is 3.82. The molecule has 1 aromatic carbocycles. The molecule has 0 N–H and O–H groups in total. The van der Waals surface area contributed by atoms with Gasteiger partial charge in [-0.3, -0.25) is 4.79 Å². The highest BCUT2D eigenvalue weighted by atomic mass is 16.5. The number of rotatable bonds is 7. The third-order valence-electron chi connectivity index (χ3n) is 6.11. The highest BCUT2D eigenvalue weighted by Gasteiger charge is 2.52. The molecular weight excluding hydrogens is 382 g/mol. The quantitative estimate of drug-likeness (QED) is 0.698. The van der Waals surface area contributed by atoms with Crippen molar-refractivity contribution in [2.75, 3.05) is 47.5 Å². The largest absolute Gasteiger partial charge is 0.481 e. The Bertz CT molecular complexity index is 883. The first kappa shape index (κ1) is 20.6. The van der Waals surface area contributed by atoms with Crippen LogP contribution in [0.5, 0.6) is 11.8 Å². The van der Waals surface area contributed by atoms with E-state index in [0.29, 0.717) is 36.6 Å². The highest BCUT2D eigenvalue weighted by molar-refractivity contribution is 5.97. The second kappa shape index (κ2) is 8.62. The Morgan fingerprint density at radius 1 is 1.10 bits per heavy atom. The minimum Gasteiger partial charge on any atom is -0.481 e. The van der Waals surface area contributed by atoms with Gasteiger partial charge in [-0.2, -0.15) is 4.98 Å². The lowest BCUT2D eigenvalue weighted by atomic mass is 9.77. The number of nitrogens with zero attached hydrogens (tertiary/aromatic N) is 3. The normalized spacial score (nSPS) is 20.2. The van der Waals surface area contributed by atoms with Crippen LogP contribution in [0.3, 0.4) is 0 Å². The zero-order valence-corrected chi connectivity index (χ0v) is 17.8. The van der Waals surface area contributed by atoms with E-state index >= 15 is 0 Å². The molecular formula is C23H29N3O4. The van der Waals surface area contributed by atoms with Gasteiger partial charge in [-0.05, 0) is 25.1 Å². The standard InChI is InChI=1S/C23H29N3O4/c1-25-14-23(11-18(25)13-30-12-17-7-5-4-6-8-17)15-26(16-23)22(27)19-9-10-20(28-2)24-21(19)29-3/h4-10,18H,11-16H2,1-3H3. The summed E-state index contributed by atoms with van der Waals surface area (Å²) in [6.07, 6.45) is 1.04. The summed E-state index contributed by atoms with van der Waals surface area (Å²) in [6, 6.07) is 14.0. The molecule has 0 saturated carbocycles. The number of pyridine rings is 1. The number of methoxy groups -OCH3 is 2. The monoisotopic (exact) mass is 411 g/mol. The van der Waals surface area contributed by atoms with E-state index in [1.165, 1.54) is 12.7 Å². The van der Waals surface area contributed by atoms with Crippen LogP contribution in [0.25, 0.3) is 0 Å². The minimum atomic E-state index is -0.0425. The first-order valence-electron chi connectivity index (χ1n) is 10.2. The van der Waals surface area contributed by atoms with E-state index in [2.05, 4.69) is 29.1 Å².